The summed E-state index contributed by atoms with van der Waals surface area (Å²) in [5.41, 5.74) is 0.830. The largest absolute Gasteiger partial charge is 0.481 e. The van der Waals surface area contributed by atoms with Crippen LogP contribution in [0.5, 0.6) is 0 Å². The first kappa shape index (κ1) is 16.1. The van der Waals surface area contributed by atoms with Crippen molar-refractivity contribution in [2.45, 2.75) is 6.54 Å². The lowest BCUT2D eigenvalue weighted by Gasteiger charge is -2.17. The van der Waals surface area contributed by atoms with E-state index >= 15 is 0 Å². The fourth-order valence-corrected chi connectivity index (χ4v) is 2.64. The Labute approximate surface area is 125 Å². The molecule has 7 heteroatoms. The minimum atomic E-state index is -0.929. The third kappa shape index (κ3) is 6.18. The Morgan fingerprint density at radius 2 is 1.79 bits per heavy atom. The maximum atomic E-state index is 11.7. The molecule has 1 rings (SSSR count). The topological polar surface area (TPSA) is 57.6 Å². The van der Waals surface area contributed by atoms with Crippen molar-refractivity contribution in [1.29, 1.82) is 0 Å². The van der Waals surface area contributed by atoms with Gasteiger partial charge in [0.2, 0.25) is 5.91 Å². The summed E-state index contributed by atoms with van der Waals surface area (Å²) in [7, 11) is 1.65. The van der Waals surface area contributed by atoms with Crippen LogP contribution in [0.4, 0.5) is 0 Å². The molecule has 0 aliphatic heterocycles. The third-order valence-electron chi connectivity index (χ3n) is 2.22. The minimum absolute atomic E-state index is 0.0808. The highest BCUT2D eigenvalue weighted by molar-refractivity contribution is 8.00. The summed E-state index contributed by atoms with van der Waals surface area (Å²) in [5.74, 6) is -1.01. The number of amides is 1. The van der Waals surface area contributed by atoms with Crippen LogP contribution in [0.25, 0.3) is 0 Å². The predicted octanol–water partition coefficient (Wildman–Crippen LogP) is 2.77. The lowest BCUT2D eigenvalue weighted by Crippen LogP contribution is -2.28. The zero-order valence-corrected chi connectivity index (χ0v) is 12.6. The monoisotopic (exact) mass is 321 g/mol. The summed E-state index contributed by atoms with van der Waals surface area (Å²) in [6.07, 6.45) is 0. The molecule has 1 amide bonds. The summed E-state index contributed by atoms with van der Waals surface area (Å²) in [5, 5.41) is 9.52. The molecule has 19 heavy (non-hydrogen) atoms. The van der Waals surface area contributed by atoms with E-state index in [2.05, 4.69) is 0 Å². The molecule has 0 aliphatic rings. The molecule has 0 aromatic heterocycles. The van der Waals surface area contributed by atoms with E-state index in [1.807, 2.05) is 0 Å². The van der Waals surface area contributed by atoms with Crippen LogP contribution in [0.3, 0.4) is 0 Å². The van der Waals surface area contributed by atoms with Gasteiger partial charge in [-0.25, -0.2) is 0 Å². The molecular weight excluding hydrogens is 309 g/mol. The van der Waals surface area contributed by atoms with Crippen LogP contribution in [-0.4, -0.2) is 40.4 Å². The molecule has 0 saturated heterocycles. The molecule has 0 saturated carbocycles. The quantitative estimate of drug-likeness (QED) is 0.875. The maximum Gasteiger partial charge on any atom is 0.313 e. The second kappa shape index (κ2) is 7.62. The number of halogens is 2. The van der Waals surface area contributed by atoms with Crippen LogP contribution >= 0.6 is 35.0 Å². The first-order valence-electron chi connectivity index (χ1n) is 5.37. The Morgan fingerprint density at radius 1 is 1.21 bits per heavy atom. The van der Waals surface area contributed by atoms with E-state index in [1.54, 1.807) is 25.2 Å². The number of carboxylic acids is 1. The number of carbonyl (C=O) groups is 2. The van der Waals surface area contributed by atoms with Gasteiger partial charge in [-0.2, -0.15) is 0 Å². The molecule has 104 valence electrons. The van der Waals surface area contributed by atoms with E-state index < -0.39 is 5.97 Å². The maximum absolute atomic E-state index is 11.7. The van der Waals surface area contributed by atoms with Crippen LogP contribution in [-0.2, 0) is 16.1 Å². The van der Waals surface area contributed by atoms with Gasteiger partial charge in [0.25, 0.3) is 0 Å². The molecule has 0 bridgehead atoms. The summed E-state index contributed by atoms with van der Waals surface area (Å²) >= 11 is 12.8. The van der Waals surface area contributed by atoms with Crippen LogP contribution < -0.4 is 0 Å². The van der Waals surface area contributed by atoms with Crippen LogP contribution in [0.15, 0.2) is 18.2 Å². The van der Waals surface area contributed by atoms with Gasteiger partial charge in [0.1, 0.15) is 0 Å². The van der Waals surface area contributed by atoms with Crippen LogP contribution in [0.2, 0.25) is 10.0 Å². The van der Waals surface area contributed by atoms with Crippen molar-refractivity contribution < 1.29 is 14.7 Å². The standard InChI is InChI=1S/C12H13Cl2NO3S/c1-15(11(16)6-19-7-12(17)18)5-8-2-9(13)4-10(14)3-8/h2-4H,5-7H2,1H3,(H,17,18). The average Bonchev–Trinajstić information content (AvgIpc) is 2.26. The fourth-order valence-electron chi connectivity index (χ4n) is 1.40. The Kier molecular flexibility index (Phi) is 6.48. The molecule has 0 unspecified atom stereocenters. The Hall–Kier alpha value is -0.910. The lowest BCUT2D eigenvalue weighted by atomic mass is 10.2. The number of hydrogen-bond donors (Lipinski definition) is 1. The molecule has 1 aromatic rings. The second-order valence-corrected chi connectivity index (χ2v) is 5.77. The molecule has 0 atom stereocenters. The first-order valence-corrected chi connectivity index (χ1v) is 7.28. The highest BCUT2D eigenvalue weighted by Gasteiger charge is 2.11. The van der Waals surface area contributed by atoms with E-state index in [1.165, 1.54) is 4.90 Å². The predicted molar refractivity (Wildman–Crippen MR) is 77.9 cm³/mol. The van der Waals surface area contributed by atoms with Gasteiger partial charge in [0.15, 0.2) is 0 Å². The fraction of sp³-hybridized carbons (Fsp3) is 0.333. The number of benzene rings is 1. The molecule has 0 aliphatic carbocycles. The average molecular weight is 322 g/mol. The van der Waals surface area contributed by atoms with Crippen molar-refractivity contribution in [3.63, 3.8) is 0 Å². The SMILES string of the molecule is CN(Cc1cc(Cl)cc(Cl)c1)C(=O)CSCC(=O)O. The van der Waals surface area contributed by atoms with Gasteiger partial charge in [0, 0.05) is 23.6 Å². The van der Waals surface area contributed by atoms with E-state index in [9.17, 15) is 9.59 Å². The van der Waals surface area contributed by atoms with E-state index in [-0.39, 0.29) is 17.4 Å². The number of carbonyl (C=O) groups excluding carboxylic acids is 1. The van der Waals surface area contributed by atoms with Gasteiger partial charge < -0.3 is 10.0 Å². The molecule has 1 aromatic carbocycles. The lowest BCUT2D eigenvalue weighted by molar-refractivity contribution is -0.133. The summed E-state index contributed by atoms with van der Waals surface area (Å²) < 4.78 is 0. The van der Waals surface area contributed by atoms with Crippen molar-refractivity contribution in [3.8, 4) is 0 Å². The van der Waals surface area contributed by atoms with Crippen molar-refractivity contribution in [2.24, 2.45) is 0 Å². The molecule has 0 fully saturated rings. The Morgan fingerprint density at radius 3 is 2.32 bits per heavy atom. The number of aliphatic carboxylic acids is 1. The van der Waals surface area contributed by atoms with Gasteiger partial charge in [0.05, 0.1) is 11.5 Å². The van der Waals surface area contributed by atoms with Gasteiger partial charge in [-0.15, -0.1) is 11.8 Å². The van der Waals surface area contributed by atoms with Gasteiger partial charge in [-0.1, -0.05) is 23.2 Å². The third-order valence-corrected chi connectivity index (χ3v) is 3.56. The molecular formula is C12H13Cl2NO3S. The van der Waals surface area contributed by atoms with Crippen LogP contribution in [0, 0.1) is 0 Å². The van der Waals surface area contributed by atoms with Gasteiger partial charge in [-0.05, 0) is 23.8 Å². The molecule has 4 nitrogen and oxygen atoms in total. The molecule has 0 heterocycles. The summed E-state index contributed by atoms with van der Waals surface area (Å²) in [6, 6.07) is 5.10. The van der Waals surface area contributed by atoms with E-state index in [0.29, 0.717) is 16.6 Å². The Balaban J connectivity index is 2.51. The van der Waals surface area contributed by atoms with Crippen molar-refractivity contribution in [1.82, 2.24) is 4.90 Å². The van der Waals surface area contributed by atoms with Crippen molar-refractivity contribution in [2.75, 3.05) is 18.6 Å². The minimum Gasteiger partial charge on any atom is -0.481 e. The summed E-state index contributed by atoms with van der Waals surface area (Å²) in [6.45, 7) is 0.382. The summed E-state index contributed by atoms with van der Waals surface area (Å²) in [4.78, 5) is 23.6. The molecule has 1 N–H and O–H groups in total. The highest BCUT2D eigenvalue weighted by Crippen LogP contribution is 2.20. The number of carboxylic acid groups (broad SMARTS) is 1. The van der Waals surface area contributed by atoms with Crippen molar-refractivity contribution >= 4 is 46.8 Å². The number of hydrogen-bond acceptors (Lipinski definition) is 3. The van der Waals surface area contributed by atoms with Gasteiger partial charge >= 0.3 is 5.97 Å². The first-order chi connectivity index (χ1) is 8.88. The number of thioether (sulfide) groups is 1. The smallest absolute Gasteiger partial charge is 0.313 e. The van der Waals surface area contributed by atoms with E-state index in [4.69, 9.17) is 28.3 Å². The normalized spacial score (nSPS) is 10.3. The molecule has 0 radical (unpaired) electrons. The highest BCUT2D eigenvalue weighted by atomic mass is 35.5. The number of rotatable bonds is 6. The number of nitrogens with zero attached hydrogens (tertiary/aromatic N) is 1. The second-order valence-electron chi connectivity index (χ2n) is 3.91. The Bertz CT molecular complexity index is 462. The van der Waals surface area contributed by atoms with E-state index in [0.717, 1.165) is 17.3 Å². The zero-order valence-electron chi connectivity index (χ0n) is 10.2. The zero-order chi connectivity index (χ0) is 14.4. The van der Waals surface area contributed by atoms with Crippen LogP contribution in [0.1, 0.15) is 5.56 Å². The van der Waals surface area contributed by atoms with Crippen molar-refractivity contribution in [3.05, 3.63) is 33.8 Å². The van der Waals surface area contributed by atoms with Gasteiger partial charge in [-0.3, -0.25) is 9.59 Å². The molecule has 0 spiro atoms.